The third-order valence-corrected chi connectivity index (χ3v) is 3.79. The zero-order chi connectivity index (χ0) is 13.8. The fourth-order valence-electron chi connectivity index (χ4n) is 1.39. The maximum absolute atomic E-state index is 12.3. The smallest absolute Gasteiger partial charge is 0.341 e. The standard InChI is InChI=1S/C11H15F2NO3S/c1-8(6-7-15)14-9-2-4-10(5-3-9)18(16,17)11(12)13/h2-5,8,11,14-15H,6-7H2,1H3/t8-/m0/s1. The molecule has 0 bridgehead atoms. The van der Waals surface area contributed by atoms with Crippen molar-refractivity contribution in [2.75, 3.05) is 11.9 Å². The quantitative estimate of drug-likeness (QED) is 0.834. The molecule has 0 fully saturated rings. The van der Waals surface area contributed by atoms with Gasteiger partial charge in [0.15, 0.2) is 0 Å². The molecule has 102 valence electrons. The average molecular weight is 279 g/mol. The van der Waals surface area contributed by atoms with Crippen molar-refractivity contribution < 1.29 is 22.3 Å². The van der Waals surface area contributed by atoms with Crippen molar-refractivity contribution >= 4 is 15.5 Å². The van der Waals surface area contributed by atoms with E-state index in [1.165, 1.54) is 12.1 Å². The predicted octanol–water partition coefficient (Wildman–Crippen LogP) is 1.87. The van der Waals surface area contributed by atoms with E-state index in [0.717, 1.165) is 12.1 Å². The molecule has 0 aromatic heterocycles. The van der Waals surface area contributed by atoms with E-state index in [1.807, 2.05) is 6.92 Å². The molecule has 0 saturated heterocycles. The minimum Gasteiger partial charge on any atom is -0.396 e. The highest BCUT2D eigenvalue weighted by Crippen LogP contribution is 2.20. The summed E-state index contributed by atoms with van der Waals surface area (Å²) >= 11 is 0. The number of hydrogen-bond acceptors (Lipinski definition) is 4. The Bertz CT molecular complexity index is 474. The monoisotopic (exact) mass is 279 g/mol. The van der Waals surface area contributed by atoms with Crippen molar-refractivity contribution in [1.29, 1.82) is 0 Å². The van der Waals surface area contributed by atoms with Gasteiger partial charge in [0.05, 0.1) is 4.90 Å². The summed E-state index contributed by atoms with van der Waals surface area (Å²) in [6.07, 6.45) is 0.539. The highest BCUT2D eigenvalue weighted by Gasteiger charge is 2.26. The molecule has 0 aliphatic carbocycles. The molecular formula is C11H15F2NO3S. The lowest BCUT2D eigenvalue weighted by molar-refractivity contribution is 0.234. The summed E-state index contributed by atoms with van der Waals surface area (Å²) in [5.41, 5.74) is 0.615. The first-order valence-corrected chi connectivity index (χ1v) is 6.92. The van der Waals surface area contributed by atoms with Gasteiger partial charge in [-0.1, -0.05) is 0 Å². The van der Waals surface area contributed by atoms with Crippen molar-refractivity contribution in [2.24, 2.45) is 0 Å². The fourth-order valence-corrected chi connectivity index (χ4v) is 2.12. The van der Waals surface area contributed by atoms with Gasteiger partial charge in [0.1, 0.15) is 0 Å². The summed E-state index contributed by atoms with van der Waals surface area (Å²) in [6.45, 7) is 1.88. The zero-order valence-electron chi connectivity index (χ0n) is 9.81. The van der Waals surface area contributed by atoms with Crippen LogP contribution in [0.1, 0.15) is 13.3 Å². The summed E-state index contributed by atoms with van der Waals surface area (Å²) in [5, 5.41) is 11.7. The predicted molar refractivity (Wildman–Crippen MR) is 64.4 cm³/mol. The molecule has 0 heterocycles. The topological polar surface area (TPSA) is 66.4 Å². The maximum Gasteiger partial charge on any atom is 0.341 e. The molecule has 0 radical (unpaired) electrons. The van der Waals surface area contributed by atoms with Crippen molar-refractivity contribution in [1.82, 2.24) is 0 Å². The van der Waals surface area contributed by atoms with E-state index in [-0.39, 0.29) is 12.6 Å². The number of nitrogens with one attached hydrogen (secondary N) is 1. The van der Waals surface area contributed by atoms with E-state index < -0.39 is 20.5 Å². The number of alkyl halides is 2. The molecule has 18 heavy (non-hydrogen) atoms. The molecule has 0 aliphatic heterocycles. The Balaban J connectivity index is 2.81. The fraction of sp³-hybridized carbons (Fsp3) is 0.455. The van der Waals surface area contributed by atoms with Crippen LogP contribution in [-0.4, -0.2) is 31.9 Å². The van der Waals surface area contributed by atoms with Crippen LogP contribution in [0.15, 0.2) is 29.2 Å². The molecule has 1 rings (SSSR count). The number of benzene rings is 1. The van der Waals surface area contributed by atoms with Crippen molar-refractivity contribution in [3.05, 3.63) is 24.3 Å². The summed E-state index contributed by atoms with van der Waals surface area (Å²) in [4.78, 5) is -0.405. The van der Waals surface area contributed by atoms with Crippen molar-refractivity contribution in [3.63, 3.8) is 0 Å². The summed E-state index contributed by atoms with van der Waals surface area (Å²) in [7, 11) is -4.53. The number of aliphatic hydroxyl groups is 1. The van der Waals surface area contributed by atoms with E-state index in [1.54, 1.807) is 0 Å². The van der Waals surface area contributed by atoms with Gasteiger partial charge in [-0.15, -0.1) is 0 Å². The van der Waals surface area contributed by atoms with Gasteiger partial charge >= 0.3 is 5.76 Å². The Kier molecular flexibility index (Phi) is 5.03. The minimum atomic E-state index is -4.53. The van der Waals surface area contributed by atoms with Gasteiger partial charge in [0.25, 0.3) is 0 Å². The van der Waals surface area contributed by atoms with Gasteiger partial charge in [-0.25, -0.2) is 8.42 Å². The Hall–Kier alpha value is -1.21. The van der Waals surface area contributed by atoms with Crippen LogP contribution in [0.3, 0.4) is 0 Å². The SMILES string of the molecule is C[C@@H](CCO)Nc1ccc(S(=O)(=O)C(F)F)cc1. The minimum absolute atomic E-state index is 0.00700. The van der Waals surface area contributed by atoms with Gasteiger partial charge < -0.3 is 10.4 Å². The van der Waals surface area contributed by atoms with E-state index in [9.17, 15) is 17.2 Å². The highest BCUT2D eigenvalue weighted by molar-refractivity contribution is 7.91. The number of anilines is 1. The lowest BCUT2D eigenvalue weighted by Crippen LogP contribution is -2.16. The molecular weight excluding hydrogens is 264 g/mol. The Morgan fingerprint density at radius 2 is 1.83 bits per heavy atom. The Labute approximate surface area is 105 Å². The molecule has 4 nitrogen and oxygen atoms in total. The average Bonchev–Trinajstić information content (AvgIpc) is 2.29. The molecule has 1 aromatic rings. The van der Waals surface area contributed by atoms with Crippen LogP contribution < -0.4 is 5.32 Å². The molecule has 2 N–H and O–H groups in total. The first kappa shape index (κ1) is 14.8. The van der Waals surface area contributed by atoms with Crippen LogP contribution >= 0.6 is 0 Å². The molecule has 0 saturated carbocycles. The molecule has 1 aromatic carbocycles. The Morgan fingerprint density at radius 1 is 1.28 bits per heavy atom. The van der Waals surface area contributed by atoms with Gasteiger partial charge in [0.2, 0.25) is 9.84 Å². The first-order valence-electron chi connectivity index (χ1n) is 5.37. The largest absolute Gasteiger partial charge is 0.396 e. The molecule has 0 unspecified atom stereocenters. The van der Waals surface area contributed by atoms with Crippen LogP contribution in [0.2, 0.25) is 0 Å². The first-order chi connectivity index (χ1) is 8.37. The van der Waals surface area contributed by atoms with Gasteiger partial charge in [-0.3, -0.25) is 0 Å². The summed E-state index contributed by atoms with van der Waals surface area (Å²) < 4.78 is 46.9. The normalized spacial score (nSPS) is 13.6. The summed E-state index contributed by atoms with van der Waals surface area (Å²) in [5.74, 6) is -3.41. The molecule has 0 aliphatic rings. The number of sulfone groups is 1. The lowest BCUT2D eigenvalue weighted by atomic mass is 10.2. The number of rotatable bonds is 6. The zero-order valence-corrected chi connectivity index (χ0v) is 10.6. The van der Waals surface area contributed by atoms with Crippen LogP contribution in [0, 0.1) is 0 Å². The van der Waals surface area contributed by atoms with Crippen molar-refractivity contribution in [3.8, 4) is 0 Å². The van der Waals surface area contributed by atoms with Crippen LogP contribution in [0.5, 0.6) is 0 Å². The maximum atomic E-state index is 12.3. The second kappa shape index (κ2) is 6.10. The van der Waals surface area contributed by atoms with Crippen LogP contribution in [-0.2, 0) is 9.84 Å². The number of halogens is 2. The molecule has 0 amide bonds. The van der Waals surface area contributed by atoms with Crippen molar-refractivity contribution in [2.45, 2.75) is 30.0 Å². The number of aliphatic hydroxyl groups excluding tert-OH is 1. The second-order valence-corrected chi connectivity index (χ2v) is 5.81. The third kappa shape index (κ3) is 3.64. The second-order valence-electron chi connectivity index (χ2n) is 3.89. The molecule has 0 spiro atoms. The van der Waals surface area contributed by atoms with E-state index >= 15 is 0 Å². The van der Waals surface area contributed by atoms with Crippen LogP contribution in [0.25, 0.3) is 0 Å². The number of hydrogen-bond donors (Lipinski definition) is 2. The summed E-state index contributed by atoms with van der Waals surface area (Å²) in [6, 6.07) is 5.12. The highest BCUT2D eigenvalue weighted by atomic mass is 32.2. The molecule has 1 atom stereocenters. The van der Waals surface area contributed by atoms with E-state index in [2.05, 4.69) is 5.32 Å². The van der Waals surface area contributed by atoms with E-state index in [0.29, 0.717) is 12.1 Å². The molecule has 7 heteroatoms. The Morgan fingerprint density at radius 3 is 2.28 bits per heavy atom. The lowest BCUT2D eigenvalue weighted by Gasteiger charge is -2.14. The van der Waals surface area contributed by atoms with E-state index in [4.69, 9.17) is 5.11 Å². The van der Waals surface area contributed by atoms with Gasteiger partial charge in [-0.05, 0) is 37.6 Å². The van der Waals surface area contributed by atoms with Crippen LogP contribution in [0.4, 0.5) is 14.5 Å². The van der Waals surface area contributed by atoms with Gasteiger partial charge in [-0.2, -0.15) is 8.78 Å². The van der Waals surface area contributed by atoms with Gasteiger partial charge in [0, 0.05) is 18.3 Å². The third-order valence-electron chi connectivity index (χ3n) is 2.39.